The molecule has 120 valence electrons. The minimum atomic E-state index is -0.398. The molecule has 2 fully saturated rings. The molecule has 0 saturated carbocycles. The summed E-state index contributed by atoms with van der Waals surface area (Å²) < 4.78 is 17.7. The number of ether oxygens (including phenoxy) is 1. The molecule has 0 aliphatic carbocycles. The van der Waals surface area contributed by atoms with Gasteiger partial charge in [0.1, 0.15) is 0 Å². The maximum atomic E-state index is 6.47. The number of anilines is 1. The molecule has 3 rings (SSSR count). The molecular formula is C17H26BNO3. The molecule has 2 aliphatic heterocycles. The van der Waals surface area contributed by atoms with Crippen LogP contribution >= 0.6 is 0 Å². The van der Waals surface area contributed by atoms with E-state index in [0.717, 1.165) is 37.2 Å². The lowest BCUT2D eigenvalue weighted by Gasteiger charge is -2.32. The summed E-state index contributed by atoms with van der Waals surface area (Å²) in [5.41, 5.74) is 8.74. The lowest BCUT2D eigenvalue weighted by Crippen LogP contribution is -2.41. The van der Waals surface area contributed by atoms with Crippen LogP contribution in [-0.2, 0) is 14.0 Å². The highest BCUT2D eigenvalue weighted by Crippen LogP contribution is 2.38. The van der Waals surface area contributed by atoms with E-state index in [1.165, 1.54) is 5.56 Å². The van der Waals surface area contributed by atoms with Crippen LogP contribution in [0, 0.1) is 0 Å². The number of rotatable bonds is 2. The zero-order valence-electron chi connectivity index (χ0n) is 14.0. The van der Waals surface area contributed by atoms with Gasteiger partial charge in [0.25, 0.3) is 0 Å². The standard InChI is InChI=1S/C17H26BNO3/c1-16(2)17(3,4)22-18(21-16)14-7-5-6-13(15(14)19)12-8-10-20-11-9-12/h5-7,12H,8-11,19H2,1-4H3. The van der Waals surface area contributed by atoms with E-state index in [0.29, 0.717) is 5.92 Å². The molecule has 0 amide bonds. The number of nitrogen functional groups attached to an aromatic ring is 1. The van der Waals surface area contributed by atoms with Crippen LogP contribution in [-0.4, -0.2) is 31.5 Å². The quantitative estimate of drug-likeness (QED) is 0.673. The van der Waals surface area contributed by atoms with E-state index in [4.69, 9.17) is 19.8 Å². The Balaban J connectivity index is 1.89. The lowest BCUT2D eigenvalue weighted by atomic mass is 9.75. The van der Waals surface area contributed by atoms with Crippen LogP contribution in [0.2, 0.25) is 0 Å². The molecule has 22 heavy (non-hydrogen) atoms. The highest BCUT2D eigenvalue weighted by Gasteiger charge is 2.52. The fourth-order valence-electron chi connectivity index (χ4n) is 3.14. The van der Waals surface area contributed by atoms with Crippen molar-refractivity contribution in [2.24, 2.45) is 0 Å². The van der Waals surface area contributed by atoms with Gasteiger partial charge in [-0.3, -0.25) is 0 Å². The van der Waals surface area contributed by atoms with Crippen molar-refractivity contribution >= 4 is 18.3 Å². The van der Waals surface area contributed by atoms with Gasteiger partial charge in [0.2, 0.25) is 0 Å². The summed E-state index contributed by atoms with van der Waals surface area (Å²) in [5, 5.41) is 0. The van der Waals surface area contributed by atoms with E-state index in [-0.39, 0.29) is 11.2 Å². The summed E-state index contributed by atoms with van der Waals surface area (Å²) in [5.74, 6) is 0.469. The smallest absolute Gasteiger partial charge is 0.399 e. The average molecular weight is 303 g/mol. The Morgan fingerprint density at radius 1 is 1.05 bits per heavy atom. The summed E-state index contributed by atoms with van der Waals surface area (Å²) >= 11 is 0. The fourth-order valence-corrected chi connectivity index (χ4v) is 3.14. The van der Waals surface area contributed by atoms with Gasteiger partial charge < -0.3 is 19.8 Å². The molecule has 2 N–H and O–H groups in total. The molecule has 0 unspecified atom stereocenters. The van der Waals surface area contributed by atoms with Crippen molar-refractivity contribution in [3.8, 4) is 0 Å². The molecule has 0 radical (unpaired) electrons. The van der Waals surface area contributed by atoms with Gasteiger partial charge in [-0.05, 0) is 52.0 Å². The number of nitrogens with two attached hydrogens (primary N) is 1. The topological polar surface area (TPSA) is 53.7 Å². The van der Waals surface area contributed by atoms with Crippen molar-refractivity contribution in [2.75, 3.05) is 18.9 Å². The predicted octanol–water partition coefficient (Wildman–Crippen LogP) is 2.46. The average Bonchev–Trinajstić information content (AvgIpc) is 2.68. The van der Waals surface area contributed by atoms with Crippen LogP contribution in [0.3, 0.4) is 0 Å². The molecule has 1 aromatic rings. The molecule has 0 bridgehead atoms. The minimum Gasteiger partial charge on any atom is -0.399 e. The van der Waals surface area contributed by atoms with Crippen LogP contribution in [0.15, 0.2) is 18.2 Å². The molecule has 0 spiro atoms. The molecule has 0 aromatic heterocycles. The van der Waals surface area contributed by atoms with Crippen molar-refractivity contribution < 1.29 is 14.0 Å². The molecule has 2 saturated heterocycles. The van der Waals surface area contributed by atoms with Crippen molar-refractivity contribution in [1.82, 2.24) is 0 Å². The zero-order valence-corrected chi connectivity index (χ0v) is 14.0. The minimum absolute atomic E-state index is 0.348. The summed E-state index contributed by atoms with van der Waals surface area (Å²) in [4.78, 5) is 0. The molecule has 1 aromatic carbocycles. The maximum absolute atomic E-state index is 6.47. The SMILES string of the molecule is CC1(C)OB(c2cccc(C3CCOCC3)c2N)OC1(C)C. The molecule has 2 heterocycles. The number of benzene rings is 1. The summed E-state index contributed by atoms with van der Waals surface area (Å²) in [6.07, 6.45) is 2.05. The Labute approximate surface area is 133 Å². The highest BCUT2D eigenvalue weighted by atomic mass is 16.7. The first kappa shape index (κ1) is 15.8. The summed E-state index contributed by atoms with van der Waals surface area (Å²) in [7, 11) is -0.398. The highest BCUT2D eigenvalue weighted by molar-refractivity contribution is 6.64. The predicted molar refractivity (Wildman–Crippen MR) is 89.4 cm³/mol. The first-order valence-electron chi connectivity index (χ1n) is 8.13. The van der Waals surface area contributed by atoms with E-state index in [2.05, 4.69) is 39.8 Å². The van der Waals surface area contributed by atoms with Gasteiger partial charge in [0.15, 0.2) is 0 Å². The number of para-hydroxylation sites is 1. The van der Waals surface area contributed by atoms with E-state index in [1.54, 1.807) is 0 Å². The Hall–Kier alpha value is -1.04. The van der Waals surface area contributed by atoms with Crippen LogP contribution in [0.1, 0.15) is 52.0 Å². The third-order valence-corrected chi connectivity index (χ3v) is 5.34. The van der Waals surface area contributed by atoms with Crippen LogP contribution in [0.25, 0.3) is 0 Å². The van der Waals surface area contributed by atoms with Crippen molar-refractivity contribution in [3.05, 3.63) is 23.8 Å². The second-order valence-corrected chi connectivity index (χ2v) is 7.33. The number of hydrogen-bond acceptors (Lipinski definition) is 4. The van der Waals surface area contributed by atoms with Gasteiger partial charge in [-0.2, -0.15) is 0 Å². The largest absolute Gasteiger partial charge is 0.496 e. The molecule has 5 heteroatoms. The van der Waals surface area contributed by atoms with E-state index in [1.807, 2.05) is 6.07 Å². The normalized spacial score (nSPS) is 24.6. The van der Waals surface area contributed by atoms with Gasteiger partial charge >= 0.3 is 7.12 Å². The lowest BCUT2D eigenvalue weighted by molar-refractivity contribution is 0.00578. The van der Waals surface area contributed by atoms with Crippen LogP contribution in [0.5, 0.6) is 0 Å². The third-order valence-electron chi connectivity index (χ3n) is 5.34. The fraction of sp³-hybridized carbons (Fsp3) is 0.647. The zero-order chi connectivity index (χ0) is 16.0. The maximum Gasteiger partial charge on any atom is 0.496 e. The van der Waals surface area contributed by atoms with Gasteiger partial charge in [-0.1, -0.05) is 18.2 Å². The Bertz CT molecular complexity index is 537. The van der Waals surface area contributed by atoms with Crippen LogP contribution in [0.4, 0.5) is 5.69 Å². The van der Waals surface area contributed by atoms with Gasteiger partial charge in [0, 0.05) is 24.4 Å². The molecular weight excluding hydrogens is 277 g/mol. The Morgan fingerprint density at radius 2 is 1.64 bits per heavy atom. The summed E-state index contributed by atoms with van der Waals surface area (Å²) in [6.45, 7) is 9.86. The second kappa shape index (κ2) is 5.55. The van der Waals surface area contributed by atoms with E-state index >= 15 is 0 Å². The second-order valence-electron chi connectivity index (χ2n) is 7.33. The molecule has 4 nitrogen and oxygen atoms in total. The van der Waals surface area contributed by atoms with Gasteiger partial charge in [-0.25, -0.2) is 0 Å². The first-order chi connectivity index (χ1) is 10.3. The van der Waals surface area contributed by atoms with Crippen molar-refractivity contribution in [2.45, 2.75) is 57.7 Å². The third kappa shape index (κ3) is 2.66. The Morgan fingerprint density at radius 3 is 2.23 bits per heavy atom. The van der Waals surface area contributed by atoms with Crippen LogP contribution < -0.4 is 11.2 Å². The summed E-state index contributed by atoms with van der Waals surface area (Å²) in [6, 6.07) is 6.20. The van der Waals surface area contributed by atoms with Crippen molar-refractivity contribution in [1.29, 1.82) is 0 Å². The molecule has 0 atom stereocenters. The van der Waals surface area contributed by atoms with E-state index in [9.17, 15) is 0 Å². The van der Waals surface area contributed by atoms with Crippen molar-refractivity contribution in [3.63, 3.8) is 0 Å². The molecule has 2 aliphatic rings. The van der Waals surface area contributed by atoms with Gasteiger partial charge in [-0.15, -0.1) is 0 Å². The van der Waals surface area contributed by atoms with Gasteiger partial charge in [0.05, 0.1) is 11.2 Å². The number of hydrogen-bond donors (Lipinski definition) is 1. The Kier molecular flexibility index (Phi) is 4.00. The van der Waals surface area contributed by atoms with E-state index < -0.39 is 7.12 Å². The first-order valence-corrected chi connectivity index (χ1v) is 8.13. The monoisotopic (exact) mass is 303 g/mol.